The maximum atomic E-state index is 12.6. The zero-order valence-corrected chi connectivity index (χ0v) is 17.0. The third-order valence-electron chi connectivity index (χ3n) is 5.38. The molecule has 1 aliphatic rings. The summed E-state index contributed by atoms with van der Waals surface area (Å²) in [6.45, 7) is 1.16. The fourth-order valence-electron chi connectivity index (χ4n) is 3.56. The molecule has 0 radical (unpaired) electrons. The van der Waals surface area contributed by atoms with Gasteiger partial charge in [-0.2, -0.15) is 13.2 Å². The average Bonchev–Trinajstić information content (AvgIpc) is 2.71. The van der Waals surface area contributed by atoms with Crippen molar-refractivity contribution in [3.63, 3.8) is 0 Å². The Hall–Kier alpha value is -2.13. The number of amides is 1. The van der Waals surface area contributed by atoms with E-state index in [1.54, 1.807) is 0 Å². The van der Waals surface area contributed by atoms with Gasteiger partial charge in [-0.25, -0.2) is 4.79 Å². The molecule has 0 aliphatic heterocycles. The fraction of sp³-hybridized carbons (Fsp3) is 0.619. The molecule has 0 spiro atoms. The first-order valence-corrected chi connectivity index (χ1v) is 10.1. The van der Waals surface area contributed by atoms with Gasteiger partial charge in [-0.15, -0.1) is 0 Å². The van der Waals surface area contributed by atoms with Crippen LogP contribution in [0.5, 0.6) is 0 Å². The van der Waals surface area contributed by atoms with Gasteiger partial charge in [0, 0.05) is 6.04 Å². The number of esters is 1. The van der Waals surface area contributed by atoms with E-state index < -0.39 is 41.8 Å². The molecule has 0 heterocycles. The smallest absolute Gasteiger partial charge is 0.416 e. The Kier molecular flexibility index (Phi) is 8.66. The van der Waals surface area contributed by atoms with Gasteiger partial charge in [-0.05, 0) is 37.0 Å². The summed E-state index contributed by atoms with van der Waals surface area (Å²) in [7, 11) is 0. The number of aliphatic hydroxyl groups is 1. The molecule has 1 fully saturated rings. The first-order valence-electron chi connectivity index (χ1n) is 10.1. The minimum Gasteiger partial charge on any atom is -0.459 e. The molecule has 1 saturated carbocycles. The van der Waals surface area contributed by atoms with Crippen LogP contribution in [0.2, 0.25) is 0 Å². The van der Waals surface area contributed by atoms with Crippen LogP contribution in [0.15, 0.2) is 24.3 Å². The molecule has 2 rings (SSSR count). The lowest BCUT2D eigenvalue weighted by molar-refractivity contribution is -0.149. The Bertz CT molecular complexity index is 703. The SMILES string of the molecule is C[C@@H](NC(=O)C(O)[C@H](N)CC1CCCCC1)C(=O)OCc1ccc(C(F)(F)F)cc1. The van der Waals surface area contributed by atoms with Crippen LogP contribution >= 0.6 is 0 Å². The highest BCUT2D eigenvalue weighted by Gasteiger charge is 2.30. The van der Waals surface area contributed by atoms with Crippen LogP contribution in [-0.2, 0) is 27.1 Å². The molecule has 0 bridgehead atoms. The first kappa shape index (κ1) is 24.1. The van der Waals surface area contributed by atoms with Crippen molar-refractivity contribution in [3.05, 3.63) is 35.4 Å². The van der Waals surface area contributed by atoms with Crippen molar-refractivity contribution in [1.82, 2.24) is 5.32 Å². The summed E-state index contributed by atoms with van der Waals surface area (Å²) in [6, 6.07) is 2.48. The summed E-state index contributed by atoms with van der Waals surface area (Å²) in [6.07, 6.45) is 0.193. The van der Waals surface area contributed by atoms with Gasteiger partial charge >= 0.3 is 12.1 Å². The summed E-state index contributed by atoms with van der Waals surface area (Å²) in [5, 5.41) is 12.5. The third kappa shape index (κ3) is 7.28. The molecule has 4 N–H and O–H groups in total. The summed E-state index contributed by atoms with van der Waals surface area (Å²) >= 11 is 0. The number of hydrogen-bond acceptors (Lipinski definition) is 5. The lowest BCUT2D eigenvalue weighted by Gasteiger charge is -2.27. The summed E-state index contributed by atoms with van der Waals surface area (Å²) in [5.74, 6) is -1.13. The molecule has 168 valence electrons. The second-order valence-corrected chi connectivity index (χ2v) is 7.88. The molecule has 1 aromatic carbocycles. The fourth-order valence-corrected chi connectivity index (χ4v) is 3.56. The van der Waals surface area contributed by atoms with Crippen LogP contribution in [0.3, 0.4) is 0 Å². The first-order chi connectivity index (χ1) is 14.1. The quantitative estimate of drug-likeness (QED) is 0.551. The number of halogens is 3. The summed E-state index contributed by atoms with van der Waals surface area (Å²) < 4.78 is 42.7. The molecule has 0 aromatic heterocycles. The molecule has 1 aliphatic carbocycles. The molecule has 3 atom stereocenters. The number of nitrogens with two attached hydrogens (primary N) is 1. The average molecular weight is 430 g/mol. The Morgan fingerprint density at radius 3 is 2.37 bits per heavy atom. The molecule has 1 aromatic rings. The number of aliphatic hydroxyl groups excluding tert-OH is 1. The lowest BCUT2D eigenvalue weighted by atomic mass is 9.84. The van der Waals surface area contributed by atoms with Gasteiger partial charge < -0.3 is 20.9 Å². The number of carbonyl (C=O) groups excluding carboxylic acids is 2. The van der Waals surface area contributed by atoms with Gasteiger partial charge in [0.05, 0.1) is 5.56 Å². The van der Waals surface area contributed by atoms with E-state index in [4.69, 9.17) is 10.5 Å². The van der Waals surface area contributed by atoms with E-state index in [1.165, 1.54) is 25.5 Å². The van der Waals surface area contributed by atoms with E-state index >= 15 is 0 Å². The van der Waals surface area contributed by atoms with Crippen molar-refractivity contribution in [3.8, 4) is 0 Å². The molecule has 0 saturated heterocycles. The number of ether oxygens (including phenoxy) is 1. The van der Waals surface area contributed by atoms with Crippen LogP contribution in [0.4, 0.5) is 13.2 Å². The lowest BCUT2D eigenvalue weighted by Crippen LogP contribution is -2.51. The summed E-state index contributed by atoms with van der Waals surface area (Å²) in [5.41, 5.74) is 5.56. The van der Waals surface area contributed by atoms with Gasteiger partial charge in [0.25, 0.3) is 5.91 Å². The van der Waals surface area contributed by atoms with E-state index in [1.807, 2.05) is 0 Å². The molecule has 9 heteroatoms. The minimum absolute atomic E-state index is 0.235. The normalized spacial score (nSPS) is 18.3. The molecule has 6 nitrogen and oxygen atoms in total. The van der Waals surface area contributed by atoms with Crippen LogP contribution in [0.1, 0.15) is 56.6 Å². The standard InChI is InChI=1S/C21H29F3N2O4/c1-13(20(29)30-12-15-7-9-16(10-8-15)21(22,23)24)26-19(28)18(27)17(25)11-14-5-3-2-4-6-14/h7-10,13-14,17-18,27H,2-6,11-12,25H2,1H3,(H,26,28)/t13-,17-,18?/m1/s1. The van der Waals surface area contributed by atoms with Gasteiger partial charge in [-0.3, -0.25) is 4.79 Å². The van der Waals surface area contributed by atoms with E-state index in [2.05, 4.69) is 5.32 Å². The summed E-state index contributed by atoms with van der Waals surface area (Å²) in [4.78, 5) is 24.2. The zero-order valence-electron chi connectivity index (χ0n) is 17.0. The van der Waals surface area contributed by atoms with E-state index in [0.29, 0.717) is 17.9 Å². The number of nitrogens with one attached hydrogen (secondary N) is 1. The van der Waals surface area contributed by atoms with Crippen LogP contribution in [-0.4, -0.2) is 35.2 Å². The molecular formula is C21H29F3N2O4. The number of benzene rings is 1. The molecule has 1 unspecified atom stereocenters. The highest BCUT2D eigenvalue weighted by molar-refractivity contribution is 5.87. The van der Waals surface area contributed by atoms with Crippen LogP contribution in [0.25, 0.3) is 0 Å². The second-order valence-electron chi connectivity index (χ2n) is 7.88. The Balaban J connectivity index is 1.77. The number of hydrogen-bond donors (Lipinski definition) is 3. The Labute approximate surface area is 174 Å². The maximum absolute atomic E-state index is 12.6. The van der Waals surface area contributed by atoms with E-state index in [0.717, 1.165) is 37.8 Å². The largest absolute Gasteiger partial charge is 0.459 e. The second kappa shape index (κ2) is 10.8. The monoisotopic (exact) mass is 430 g/mol. The van der Waals surface area contributed by atoms with E-state index in [-0.39, 0.29) is 6.61 Å². The van der Waals surface area contributed by atoms with Gasteiger partial charge in [0.15, 0.2) is 0 Å². The van der Waals surface area contributed by atoms with Crippen molar-refractivity contribution >= 4 is 11.9 Å². The van der Waals surface area contributed by atoms with E-state index in [9.17, 15) is 27.9 Å². The van der Waals surface area contributed by atoms with Crippen LogP contribution < -0.4 is 11.1 Å². The van der Waals surface area contributed by atoms with Crippen molar-refractivity contribution in [1.29, 1.82) is 0 Å². The van der Waals surface area contributed by atoms with Gasteiger partial charge in [-0.1, -0.05) is 44.2 Å². The topological polar surface area (TPSA) is 102 Å². The van der Waals surface area contributed by atoms with Crippen molar-refractivity contribution in [2.75, 3.05) is 0 Å². The van der Waals surface area contributed by atoms with Crippen LogP contribution in [0, 0.1) is 5.92 Å². The third-order valence-corrected chi connectivity index (χ3v) is 5.38. The molecule has 30 heavy (non-hydrogen) atoms. The van der Waals surface area contributed by atoms with Crippen molar-refractivity contribution < 1.29 is 32.6 Å². The highest BCUT2D eigenvalue weighted by atomic mass is 19.4. The Morgan fingerprint density at radius 2 is 1.80 bits per heavy atom. The highest BCUT2D eigenvalue weighted by Crippen LogP contribution is 2.29. The van der Waals surface area contributed by atoms with Crippen molar-refractivity contribution in [2.45, 2.75) is 76.4 Å². The zero-order chi connectivity index (χ0) is 22.3. The number of carbonyl (C=O) groups is 2. The predicted molar refractivity (Wildman–Crippen MR) is 104 cm³/mol. The van der Waals surface area contributed by atoms with Gasteiger partial charge in [0.1, 0.15) is 18.8 Å². The van der Waals surface area contributed by atoms with Crippen molar-refractivity contribution in [2.24, 2.45) is 11.7 Å². The number of alkyl halides is 3. The predicted octanol–water partition coefficient (Wildman–Crippen LogP) is 2.91. The molecular weight excluding hydrogens is 401 g/mol. The van der Waals surface area contributed by atoms with Gasteiger partial charge in [0.2, 0.25) is 0 Å². The Morgan fingerprint density at radius 1 is 1.20 bits per heavy atom. The minimum atomic E-state index is -4.44. The molecule has 1 amide bonds. The number of rotatable bonds is 8. The maximum Gasteiger partial charge on any atom is 0.416 e.